The lowest BCUT2D eigenvalue weighted by atomic mass is 10.3. The van der Waals surface area contributed by atoms with Crippen LogP contribution in [0.15, 0.2) is 23.0 Å². The van der Waals surface area contributed by atoms with Gasteiger partial charge in [0.2, 0.25) is 0 Å². The van der Waals surface area contributed by atoms with Crippen molar-refractivity contribution in [2.45, 2.75) is 25.4 Å². The zero-order chi connectivity index (χ0) is 14.1. The summed E-state index contributed by atoms with van der Waals surface area (Å²) in [6.07, 6.45) is 2.06. The zero-order valence-electron chi connectivity index (χ0n) is 10.8. The van der Waals surface area contributed by atoms with Crippen LogP contribution in [0.2, 0.25) is 0 Å². The van der Waals surface area contributed by atoms with E-state index in [0.29, 0.717) is 30.2 Å². The quantitative estimate of drug-likeness (QED) is 0.778. The van der Waals surface area contributed by atoms with Gasteiger partial charge in [-0.2, -0.15) is 0 Å². The molecule has 1 aliphatic carbocycles. The fourth-order valence-corrected chi connectivity index (χ4v) is 2.10. The molecule has 0 spiro atoms. The van der Waals surface area contributed by atoms with Crippen molar-refractivity contribution in [3.05, 3.63) is 34.5 Å². The summed E-state index contributed by atoms with van der Waals surface area (Å²) < 4.78 is 14.5. The van der Waals surface area contributed by atoms with Crippen LogP contribution in [0.25, 0.3) is 11.0 Å². The van der Waals surface area contributed by atoms with Crippen LogP contribution in [0.1, 0.15) is 12.8 Å². The van der Waals surface area contributed by atoms with Crippen LogP contribution < -0.4 is 16.3 Å². The van der Waals surface area contributed by atoms with Crippen molar-refractivity contribution >= 4 is 17.1 Å². The Balaban J connectivity index is 1.66. The highest BCUT2D eigenvalue weighted by molar-refractivity contribution is 5.75. The summed E-state index contributed by atoms with van der Waals surface area (Å²) in [5.74, 6) is -0.396. The molecule has 3 rings (SSSR count). The first-order chi connectivity index (χ1) is 9.63. The zero-order valence-corrected chi connectivity index (χ0v) is 10.8. The first-order valence-electron chi connectivity index (χ1n) is 6.56. The highest BCUT2D eigenvalue weighted by Gasteiger charge is 2.22. The van der Waals surface area contributed by atoms with Crippen LogP contribution in [0.5, 0.6) is 0 Å². The third kappa shape index (κ3) is 2.66. The number of benzene rings is 1. The van der Waals surface area contributed by atoms with Gasteiger partial charge in [0.05, 0.1) is 11.0 Å². The van der Waals surface area contributed by atoms with Crippen molar-refractivity contribution in [2.24, 2.45) is 0 Å². The minimum Gasteiger partial charge on any atom is -0.336 e. The van der Waals surface area contributed by atoms with Crippen LogP contribution in [0, 0.1) is 5.82 Å². The highest BCUT2D eigenvalue weighted by atomic mass is 19.1. The molecule has 0 radical (unpaired) electrons. The molecule has 106 valence electrons. The highest BCUT2D eigenvalue weighted by Crippen LogP contribution is 2.18. The minimum atomic E-state index is -0.396. The van der Waals surface area contributed by atoms with E-state index >= 15 is 0 Å². The summed E-state index contributed by atoms with van der Waals surface area (Å²) >= 11 is 0. The van der Waals surface area contributed by atoms with Crippen LogP contribution in [-0.4, -0.2) is 28.2 Å². The lowest BCUT2D eigenvalue weighted by Gasteiger charge is -2.07. The summed E-state index contributed by atoms with van der Waals surface area (Å²) in [7, 11) is 0. The number of H-pyrrole nitrogens is 1. The molecule has 1 saturated carbocycles. The number of imidazole rings is 1. The molecule has 6 nitrogen and oxygen atoms in total. The molecular weight excluding hydrogens is 263 g/mol. The van der Waals surface area contributed by atoms with Gasteiger partial charge >= 0.3 is 11.7 Å². The van der Waals surface area contributed by atoms with E-state index in [1.165, 1.54) is 16.7 Å². The number of nitrogens with zero attached hydrogens (tertiary/aromatic N) is 1. The molecule has 0 atom stereocenters. The van der Waals surface area contributed by atoms with Gasteiger partial charge in [-0.3, -0.25) is 4.57 Å². The van der Waals surface area contributed by atoms with Crippen molar-refractivity contribution in [1.29, 1.82) is 0 Å². The Labute approximate surface area is 114 Å². The molecule has 2 aromatic rings. The molecule has 0 aliphatic heterocycles. The van der Waals surface area contributed by atoms with E-state index in [0.717, 1.165) is 12.8 Å². The van der Waals surface area contributed by atoms with Crippen molar-refractivity contribution in [3.8, 4) is 0 Å². The smallest absolute Gasteiger partial charge is 0.326 e. The van der Waals surface area contributed by atoms with Crippen LogP contribution in [-0.2, 0) is 6.54 Å². The summed E-state index contributed by atoms with van der Waals surface area (Å²) in [5.41, 5.74) is 0.772. The summed E-state index contributed by atoms with van der Waals surface area (Å²) in [6.45, 7) is 0.672. The third-order valence-electron chi connectivity index (χ3n) is 3.27. The van der Waals surface area contributed by atoms with E-state index < -0.39 is 5.82 Å². The van der Waals surface area contributed by atoms with Crippen LogP contribution >= 0.6 is 0 Å². The number of fused-ring (bicyclic) bond motifs is 1. The van der Waals surface area contributed by atoms with Crippen LogP contribution in [0.3, 0.4) is 0 Å². The molecule has 1 heterocycles. The number of hydrogen-bond donors (Lipinski definition) is 3. The molecule has 20 heavy (non-hydrogen) atoms. The van der Waals surface area contributed by atoms with Gasteiger partial charge in [-0.1, -0.05) is 0 Å². The van der Waals surface area contributed by atoms with Crippen molar-refractivity contribution < 1.29 is 9.18 Å². The molecule has 3 N–H and O–H groups in total. The fourth-order valence-electron chi connectivity index (χ4n) is 2.10. The standard InChI is InChI=1S/C13H15FN4O2/c14-8-1-4-11-10(7-8)17-13(20)18(11)6-5-15-12(19)16-9-2-3-9/h1,4,7,9H,2-3,5-6H2,(H,17,20)(H2,15,16,19). The maximum absolute atomic E-state index is 13.1. The second kappa shape index (κ2) is 4.99. The van der Waals surface area contributed by atoms with E-state index in [1.807, 2.05) is 0 Å². The topological polar surface area (TPSA) is 78.9 Å². The van der Waals surface area contributed by atoms with Gasteiger partial charge in [0, 0.05) is 19.1 Å². The summed E-state index contributed by atoms with van der Waals surface area (Å²) in [4.78, 5) is 25.8. The summed E-state index contributed by atoms with van der Waals surface area (Å²) in [6, 6.07) is 4.22. The maximum atomic E-state index is 13.1. The largest absolute Gasteiger partial charge is 0.336 e. The van der Waals surface area contributed by atoms with Crippen molar-refractivity contribution in [2.75, 3.05) is 6.54 Å². The average molecular weight is 278 g/mol. The Morgan fingerprint density at radius 3 is 3.00 bits per heavy atom. The van der Waals surface area contributed by atoms with Gasteiger partial charge in [-0.15, -0.1) is 0 Å². The van der Waals surface area contributed by atoms with E-state index in [2.05, 4.69) is 15.6 Å². The normalized spacial score (nSPS) is 14.4. The number of urea groups is 1. The minimum absolute atomic E-state index is 0.216. The Kier molecular flexibility index (Phi) is 3.17. The molecule has 1 aromatic carbocycles. The van der Waals surface area contributed by atoms with E-state index in [9.17, 15) is 14.0 Å². The monoisotopic (exact) mass is 278 g/mol. The van der Waals surface area contributed by atoms with Gasteiger partial charge in [0.15, 0.2) is 0 Å². The molecule has 2 amide bonds. The lowest BCUT2D eigenvalue weighted by Crippen LogP contribution is -2.39. The Morgan fingerprint density at radius 1 is 1.45 bits per heavy atom. The molecule has 7 heteroatoms. The molecular formula is C13H15FN4O2. The number of carbonyl (C=O) groups is 1. The first-order valence-corrected chi connectivity index (χ1v) is 6.56. The van der Waals surface area contributed by atoms with Gasteiger partial charge in [-0.05, 0) is 31.0 Å². The molecule has 1 fully saturated rings. The van der Waals surface area contributed by atoms with Gasteiger partial charge in [0.1, 0.15) is 5.82 Å². The average Bonchev–Trinajstić information content (AvgIpc) is 3.14. The van der Waals surface area contributed by atoms with E-state index in [4.69, 9.17) is 0 Å². The van der Waals surface area contributed by atoms with Crippen LogP contribution in [0.4, 0.5) is 9.18 Å². The van der Waals surface area contributed by atoms with E-state index in [-0.39, 0.29) is 11.7 Å². The third-order valence-corrected chi connectivity index (χ3v) is 3.27. The number of aromatic nitrogens is 2. The number of rotatable bonds is 4. The van der Waals surface area contributed by atoms with Gasteiger partial charge in [-0.25, -0.2) is 14.0 Å². The number of aromatic amines is 1. The second-order valence-electron chi connectivity index (χ2n) is 4.92. The SMILES string of the molecule is O=C(NCCn1c(=O)[nH]c2cc(F)ccc21)NC1CC1. The molecule has 0 saturated heterocycles. The number of carbonyl (C=O) groups excluding carboxylic acids is 1. The molecule has 1 aromatic heterocycles. The fraction of sp³-hybridized carbons (Fsp3) is 0.385. The van der Waals surface area contributed by atoms with Crippen molar-refractivity contribution in [1.82, 2.24) is 20.2 Å². The van der Waals surface area contributed by atoms with Gasteiger partial charge < -0.3 is 15.6 Å². The number of halogens is 1. The summed E-state index contributed by atoms with van der Waals surface area (Å²) in [5, 5.41) is 5.50. The maximum Gasteiger partial charge on any atom is 0.326 e. The molecule has 0 unspecified atom stereocenters. The number of hydrogen-bond acceptors (Lipinski definition) is 2. The molecule has 1 aliphatic rings. The lowest BCUT2D eigenvalue weighted by molar-refractivity contribution is 0.240. The van der Waals surface area contributed by atoms with Crippen molar-refractivity contribution in [3.63, 3.8) is 0 Å². The second-order valence-corrected chi connectivity index (χ2v) is 4.92. The predicted molar refractivity (Wildman–Crippen MR) is 72.1 cm³/mol. The Bertz CT molecular complexity index is 702. The van der Waals surface area contributed by atoms with E-state index in [1.54, 1.807) is 6.07 Å². The molecule has 0 bridgehead atoms. The Hall–Kier alpha value is -2.31. The van der Waals surface area contributed by atoms with Gasteiger partial charge in [0.25, 0.3) is 0 Å². The number of nitrogens with one attached hydrogen (secondary N) is 3. The first kappa shape index (κ1) is 12.7. The Morgan fingerprint density at radius 2 is 2.25 bits per heavy atom. The number of amides is 2. The predicted octanol–water partition coefficient (Wildman–Crippen LogP) is 0.930.